The third-order valence-corrected chi connectivity index (χ3v) is 4.46. The van der Waals surface area contributed by atoms with Crippen LogP contribution in [0.15, 0.2) is 18.2 Å². The third-order valence-electron chi connectivity index (χ3n) is 4.46. The van der Waals surface area contributed by atoms with E-state index in [1.807, 2.05) is 0 Å². The number of aliphatic hydroxyl groups is 1. The molecule has 6 heteroatoms. The van der Waals surface area contributed by atoms with Crippen molar-refractivity contribution in [1.29, 1.82) is 0 Å². The fourth-order valence-corrected chi connectivity index (χ4v) is 3.20. The first-order valence-corrected chi connectivity index (χ1v) is 8.32. The van der Waals surface area contributed by atoms with Gasteiger partial charge in [-0.3, -0.25) is 0 Å². The molecule has 1 unspecified atom stereocenters. The summed E-state index contributed by atoms with van der Waals surface area (Å²) < 4.78 is 19.8. The highest BCUT2D eigenvalue weighted by atomic mass is 19.1. The number of urea groups is 1. The lowest BCUT2D eigenvalue weighted by Crippen LogP contribution is -2.44. The van der Waals surface area contributed by atoms with Crippen LogP contribution in [0.4, 0.5) is 14.9 Å². The van der Waals surface area contributed by atoms with Gasteiger partial charge in [-0.05, 0) is 50.7 Å². The van der Waals surface area contributed by atoms with Crippen molar-refractivity contribution in [1.82, 2.24) is 4.90 Å². The molecule has 0 radical (unpaired) electrons. The Morgan fingerprint density at radius 1 is 1.26 bits per heavy atom. The minimum atomic E-state index is -0.478. The van der Waals surface area contributed by atoms with Gasteiger partial charge < -0.3 is 20.1 Å². The standard InChI is InChI=1S/C17H23FN2O3/c18-15-10-12(7-8-16(15)23-14-5-1-2-6-14)19-17(22)20-9-3-4-13(21)11-20/h7-8,10,13-14,21H,1-6,9,11H2,(H,19,22). The summed E-state index contributed by atoms with van der Waals surface area (Å²) in [7, 11) is 0. The molecule has 3 rings (SSSR count). The second-order valence-electron chi connectivity index (χ2n) is 6.34. The Morgan fingerprint density at radius 2 is 2.04 bits per heavy atom. The highest BCUT2D eigenvalue weighted by Gasteiger charge is 2.22. The molecule has 1 atom stereocenters. The minimum Gasteiger partial charge on any atom is -0.487 e. The van der Waals surface area contributed by atoms with E-state index in [1.165, 1.54) is 6.07 Å². The zero-order valence-electron chi connectivity index (χ0n) is 13.1. The van der Waals surface area contributed by atoms with Gasteiger partial charge >= 0.3 is 6.03 Å². The first-order valence-electron chi connectivity index (χ1n) is 8.32. The average molecular weight is 322 g/mol. The number of ether oxygens (including phenoxy) is 1. The van der Waals surface area contributed by atoms with Gasteiger partial charge in [-0.25, -0.2) is 9.18 Å². The second-order valence-corrected chi connectivity index (χ2v) is 6.34. The molecule has 1 aliphatic heterocycles. The van der Waals surface area contributed by atoms with E-state index in [2.05, 4.69) is 5.32 Å². The summed E-state index contributed by atoms with van der Waals surface area (Å²) in [6.45, 7) is 0.922. The molecule has 0 aromatic heterocycles. The normalized spacial score (nSPS) is 22.2. The number of carbonyl (C=O) groups is 1. The minimum absolute atomic E-state index is 0.0970. The Balaban J connectivity index is 1.59. The van der Waals surface area contributed by atoms with Crippen molar-refractivity contribution < 1.29 is 19.0 Å². The number of halogens is 1. The molecule has 1 saturated heterocycles. The van der Waals surface area contributed by atoms with Crippen molar-refractivity contribution >= 4 is 11.7 Å². The number of β-amino-alcohol motifs (C(OH)–C–C–N with tert-alkyl or cyclic N) is 1. The van der Waals surface area contributed by atoms with Crippen LogP contribution in [0.3, 0.4) is 0 Å². The Hall–Kier alpha value is -1.82. The molecular weight excluding hydrogens is 299 g/mol. The third kappa shape index (κ3) is 4.13. The van der Waals surface area contributed by atoms with Gasteiger partial charge in [0.25, 0.3) is 0 Å². The molecule has 23 heavy (non-hydrogen) atoms. The van der Waals surface area contributed by atoms with Crippen molar-refractivity contribution in [3.8, 4) is 5.75 Å². The van der Waals surface area contributed by atoms with E-state index in [1.54, 1.807) is 17.0 Å². The number of carbonyl (C=O) groups excluding carboxylic acids is 1. The van der Waals surface area contributed by atoms with Gasteiger partial charge in [0.1, 0.15) is 0 Å². The molecule has 5 nitrogen and oxygen atoms in total. The molecule has 1 aliphatic carbocycles. The highest BCUT2D eigenvalue weighted by Crippen LogP contribution is 2.27. The van der Waals surface area contributed by atoms with Gasteiger partial charge in [0.05, 0.1) is 12.2 Å². The monoisotopic (exact) mass is 322 g/mol. The van der Waals surface area contributed by atoms with Gasteiger partial charge in [-0.15, -0.1) is 0 Å². The van der Waals surface area contributed by atoms with Crippen molar-refractivity contribution in [2.75, 3.05) is 18.4 Å². The number of nitrogens with zero attached hydrogens (tertiary/aromatic N) is 1. The summed E-state index contributed by atoms with van der Waals surface area (Å²) in [6, 6.07) is 4.18. The van der Waals surface area contributed by atoms with Crippen LogP contribution in [0.2, 0.25) is 0 Å². The molecule has 2 fully saturated rings. The average Bonchev–Trinajstić information content (AvgIpc) is 3.03. The first-order chi connectivity index (χ1) is 11.1. The van der Waals surface area contributed by atoms with Crippen LogP contribution in [0.25, 0.3) is 0 Å². The van der Waals surface area contributed by atoms with Gasteiger partial charge in [-0.1, -0.05) is 0 Å². The second kappa shape index (κ2) is 7.17. The number of likely N-dealkylation sites (tertiary alicyclic amines) is 1. The van der Waals surface area contributed by atoms with Gasteiger partial charge in [-0.2, -0.15) is 0 Å². The number of anilines is 1. The van der Waals surface area contributed by atoms with Crippen LogP contribution < -0.4 is 10.1 Å². The fraction of sp³-hybridized carbons (Fsp3) is 0.588. The number of hydrogen-bond acceptors (Lipinski definition) is 3. The Labute approximate surface area is 135 Å². The number of nitrogens with one attached hydrogen (secondary N) is 1. The topological polar surface area (TPSA) is 61.8 Å². The quantitative estimate of drug-likeness (QED) is 0.899. The molecule has 0 spiro atoms. The molecule has 1 saturated carbocycles. The van der Waals surface area contributed by atoms with E-state index in [4.69, 9.17) is 4.74 Å². The fourth-order valence-electron chi connectivity index (χ4n) is 3.20. The predicted octanol–water partition coefficient (Wildman–Crippen LogP) is 3.14. The zero-order valence-corrected chi connectivity index (χ0v) is 13.1. The van der Waals surface area contributed by atoms with E-state index in [-0.39, 0.29) is 17.9 Å². The van der Waals surface area contributed by atoms with Gasteiger partial charge in [0.2, 0.25) is 0 Å². The maximum atomic E-state index is 14.1. The van der Waals surface area contributed by atoms with Crippen LogP contribution >= 0.6 is 0 Å². The molecule has 2 aliphatic rings. The summed E-state index contributed by atoms with van der Waals surface area (Å²) in [5.41, 5.74) is 0.395. The van der Waals surface area contributed by atoms with Gasteiger partial charge in [0.15, 0.2) is 11.6 Å². The summed E-state index contributed by atoms with van der Waals surface area (Å²) in [5.74, 6) is -0.225. The Bertz CT molecular complexity index is 561. The number of amides is 2. The number of piperidine rings is 1. The van der Waals surface area contributed by atoms with Crippen molar-refractivity contribution in [2.24, 2.45) is 0 Å². The van der Waals surface area contributed by atoms with Crippen LogP contribution in [0.5, 0.6) is 5.75 Å². The molecular formula is C17H23FN2O3. The molecule has 1 heterocycles. The Kier molecular flexibility index (Phi) is 5.00. The van der Waals surface area contributed by atoms with Crippen LogP contribution in [-0.4, -0.2) is 41.3 Å². The van der Waals surface area contributed by atoms with Crippen molar-refractivity contribution in [2.45, 2.75) is 50.7 Å². The molecule has 0 bridgehead atoms. The van der Waals surface area contributed by atoms with Crippen molar-refractivity contribution in [3.05, 3.63) is 24.0 Å². The van der Waals surface area contributed by atoms with Gasteiger partial charge in [0, 0.05) is 24.8 Å². The number of hydrogen-bond donors (Lipinski definition) is 2. The van der Waals surface area contributed by atoms with Crippen molar-refractivity contribution in [3.63, 3.8) is 0 Å². The summed E-state index contributed by atoms with van der Waals surface area (Å²) in [5, 5.41) is 12.3. The number of aliphatic hydroxyl groups excluding tert-OH is 1. The number of rotatable bonds is 3. The van der Waals surface area contributed by atoms with E-state index in [9.17, 15) is 14.3 Å². The molecule has 1 aromatic rings. The maximum Gasteiger partial charge on any atom is 0.321 e. The van der Waals surface area contributed by atoms with E-state index in [0.717, 1.165) is 32.1 Å². The smallest absolute Gasteiger partial charge is 0.321 e. The van der Waals surface area contributed by atoms with Crippen LogP contribution in [-0.2, 0) is 0 Å². The largest absolute Gasteiger partial charge is 0.487 e. The van der Waals surface area contributed by atoms with E-state index in [0.29, 0.717) is 25.2 Å². The van der Waals surface area contributed by atoms with Crippen LogP contribution in [0.1, 0.15) is 38.5 Å². The Morgan fingerprint density at radius 3 is 2.74 bits per heavy atom. The lowest BCUT2D eigenvalue weighted by molar-refractivity contribution is 0.0883. The molecule has 126 valence electrons. The summed E-state index contributed by atoms with van der Waals surface area (Å²) in [4.78, 5) is 13.7. The lowest BCUT2D eigenvalue weighted by atomic mass is 10.1. The highest BCUT2D eigenvalue weighted by molar-refractivity contribution is 5.89. The van der Waals surface area contributed by atoms with E-state index >= 15 is 0 Å². The predicted molar refractivity (Wildman–Crippen MR) is 85.1 cm³/mol. The maximum absolute atomic E-state index is 14.1. The zero-order chi connectivity index (χ0) is 16.2. The van der Waals surface area contributed by atoms with E-state index < -0.39 is 11.9 Å². The summed E-state index contributed by atoms with van der Waals surface area (Å²) >= 11 is 0. The molecule has 2 amide bonds. The SMILES string of the molecule is O=C(Nc1ccc(OC2CCCC2)c(F)c1)N1CCCC(O)C1. The molecule has 1 aromatic carbocycles. The molecule has 2 N–H and O–H groups in total. The number of benzene rings is 1. The lowest BCUT2D eigenvalue weighted by Gasteiger charge is -2.30. The summed E-state index contributed by atoms with van der Waals surface area (Å²) in [6.07, 6.45) is 5.30. The first kappa shape index (κ1) is 16.1. The van der Waals surface area contributed by atoms with Crippen LogP contribution in [0, 0.1) is 5.82 Å².